The normalized spacial score (nSPS) is 32.2. The van der Waals surface area contributed by atoms with E-state index in [1.807, 2.05) is 86.5 Å². The van der Waals surface area contributed by atoms with E-state index in [4.69, 9.17) is 19.9 Å². The van der Waals surface area contributed by atoms with Gasteiger partial charge in [-0.15, -0.1) is 0 Å². The van der Waals surface area contributed by atoms with Gasteiger partial charge in [-0.1, -0.05) is 137 Å². The van der Waals surface area contributed by atoms with Crippen molar-refractivity contribution in [2.24, 2.45) is 50.8 Å². The molecule has 0 spiro atoms. The third-order valence-corrected chi connectivity index (χ3v) is 28.9. The summed E-state index contributed by atoms with van der Waals surface area (Å²) in [6.07, 6.45) is 44.7. The van der Waals surface area contributed by atoms with E-state index < -0.39 is 35.8 Å². The Bertz CT molecular complexity index is 4640. The number of aromatic nitrogens is 6. The fourth-order valence-electron chi connectivity index (χ4n) is 24.9. The number of rotatable bonds is 18. The molecule has 24 heteroatoms. The summed E-state index contributed by atoms with van der Waals surface area (Å²) in [6, 6.07) is 28.0. The van der Waals surface area contributed by atoms with Crippen LogP contribution >= 0.6 is 0 Å². The molecule has 18 rings (SSSR count). The number of fused-ring (bicyclic) bond motifs is 15. The van der Waals surface area contributed by atoms with E-state index in [1.165, 1.54) is 193 Å². The average molecular weight is 1550 g/mol. The van der Waals surface area contributed by atoms with Gasteiger partial charge in [0.15, 0.2) is 22.8 Å². The van der Waals surface area contributed by atoms with Gasteiger partial charge < -0.3 is 43.8 Å². The smallest absolute Gasteiger partial charge is 0.360 e. The first-order valence-corrected chi connectivity index (χ1v) is 43.5. The molecule has 113 heavy (non-hydrogen) atoms. The fourth-order valence-corrected chi connectivity index (χ4v) is 24.9. The molecule has 0 radical (unpaired) electrons. The first kappa shape index (κ1) is 78.8. The molecule has 18 atom stereocenters. The SMILES string of the molecule is C/C(=N\OCC(=O)O)c1nc2ccccc2n(C2C[C@H]3CCC[C@@H](C2)N3C2C[C@H]3CCC[C@@H](C2)C3)c1=O.CO/N=C(\C(=O)O)c1nc2ccccc2n(C2C[C@H]3CCC[C@@H](C2)N3C2C[C@H]3CCCC[C@@H](C2)C3)c1=O.O=C(O)C(=NCCCO)c1nc2ccccc2n(C2C[C@H]3CCC[C@@H](C2)N3C2C[C@H]3CCCC[C@@H](C2)C3)c1=O. The number of aliphatic imine (C=N–C) groups is 1. The Labute approximate surface area is 661 Å². The number of carboxylic acids is 3. The number of carboxylic acid groups (broad SMARTS) is 3. The third kappa shape index (κ3) is 16.9. The maximum absolute atomic E-state index is 14.0. The molecule has 12 bridgehead atoms. The van der Waals surface area contributed by atoms with Gasteiger partial charge in [-0.25, -0.2) is 29.3 Å². The van der Waals surface area contributed by atoms with E-state index >= 15 is 0 Å². The van der Waals surface area contributed by atoms with Gasteiger partial charge >= 0.3 is 17.9 Å². The van der Waals surface area contributed by atoms with Gasteiger partial charge in [0.1, 0.15) is 12.8 Å². The lowest BCUT2D eigenvalue weighted by Crippen LogP contribution is -2.58. The van der Waals surface area contributed by atoms with E-state index in [9.17, 15) is 39.0 Å². The van der Waals surface area contributed by atoms with Gasteiger partial charge in [-0.05, 0) is 220 Å². The third-order valence-electron chi connectivity index (χ3n) is 28.9. The summed E-state index contributed by atoms with van der Waals surface area (Å²) in [5, 5.41) is 45.2. The van der Waals surface area contributed by atoms with Crippen molar-refractivity contribution >= 4 is 68.1 Å². The lowest BCUT2D eigenvalue weighted by molar-refractivity contribution is -0.142. The first-order chi connectivity index (χ1) is 55.0. The topological polar surface area (TPSA) is 302 Å². The van der Waals surface area contributed by atoms with Gasteiger partial charge in [0, 0.05) is 85.7 Å². The molecular formula is C89H118N12O12. The Morgan fingerprint density at radius 3 is 1.05 bits per heavy atom. The van der Waals surface area contributed by atoms with Gasteiger partial charge in [0.2, 0.25) is 12.3 Å². The van der Waals surface area contributed by atoms with Crippen LogP contribution in [0, 0.1) is 35.5 Å². The number of nitrogens with zero attached hydrogens (tertiary/aromatic N) is 12. The van der Waals surface area contributed by atoms with Crippen LogP contribution in [0.25, 0.3) is 33.1 Å². The van der Waals surface area contributed by atoms with Crippen molar-refractivity contribution in [2.75, 3.05) is 26.9 Å². The van der Waals surface area contributed by atoms with Crippen molar-refractivity contribution in [2.45, 2.75) is 311 Å². The van der Waals surface area contributed by atoms with E-state index in [-0.39, 0.29) is 65.2 Å². The number of hydrogen-bond donors (Lipinski definition) is 4. The minimum absolute atomic E-state index is 0.00838. The molecule has 12 aliphatic rings. The molecule has 6 aliphatic heterocycles. The Kier molecular flexibility index (Phi) is 24.5. The first-order valence-electron chi connectivity index (χ1n) is 43.5. The Balaban J connectivity index is 0.000000128. The highest BCUT2D eigenvalue weighted by molar-refractivity contribution is 6.42. The lowest BCUT2D eigenvalue weighted by Gasteiger charge is -2.55. The van der Waals surface area contributed by atoms with Gasteiger partial charge in [0.25, 0.3) is 16.7 Å². The molecule has 3 aromatic carbocycles. The summed E-state index contributed by atoms with van der Waals surface area (Å²) in [6.45, 7) is 1.15. The number of hydrogen-bond acceptors (Lipinski definition) is 18. The highest BCUT2D eigenvalue weighted by atomic mass is 16.6. The van der Waals surface area contributed by atoms with Crippen LogP contribution in [0.1, 0.15) is 273 Å². The van der Waals surface area contributed by atoms with Crippen LogP contribution in [0.15, 0.2) is 102 Å². The highest BCUT2D eigenvalue weighted by Gasteiger charge is 2.50. The summed E-state index contributed by atoms with van der Waals surface area (Å²) in [5.41, 5.74) is 2.97. The molecule has 4 N–H and O–H groups in total. The zero-order valence-electron chi connectivity index (χ0n) is 66.3. The number of para-hydroxylation sites is 6. The van der Waals surface area contributed by atoms with Crippen LogP contribution in [0.2, 0.25) is 0 Å². The van der Waals surface area contributed by atoms with E-state index in [1.54, 1.807) is 6.92 Å². The standard InChI is InChI=1S/C31H42N4O4.2C29H38N4O4/c36-14-6-13-32-29(31(38)39)28-30(37)35(27-12-4-3-11-26(27)33-28)25-18-22-9-5-10-23(19-25)34(22)24-16-20-7-1-2-8-21(15-20)17-24;1-18(31-37-17-27(34)35)28-29(36)33(26-11-3-2-10-25(26)30-28)24-15-21-8-5-9-22(16-24)32(21)23-13-19-6-4-7-20(12-19)14-23;1-37-31-27(29(35)36)26-28(34)33(25-12-5-4-11-24(25)30-26)23-16-20-9-6-10-21(17-23)32(20)22-14-18-7-2-3-8-19(13-18)15-22/h3-4,11-12,20-25,36H,1-2,5-10,13-19H2,(H,38,39);2-3,10-11,19-24H,4-9,12-17H2,1H3,(H,34,35);4-5,11-12,18-23H,2-3,6-10,13-17H2,1H3,(H,35,36)/b;31-18+;31-27-/t20-,21+,22-,23+,24?,25?;19-,20+,21-,22+,23?,24?;18-,19+,20-,21+,22?,23?. The van der Waals surface area contributed by atoms with E-state index in [0.717, 1.165) is 96.1 Å². The van der Waals surface area contributed by atoms with Crippen LogP contribution in [0.4, 0.5) is 0 Å². The van der Waals surface area contributed by atoms with Crippen LogP contribution in [-0.2, 0) is 24.1 Å². The molecule has 6 saturated heterocycles. The number of piperidine rings is 6. The average Bonchev–Trinajstić information content (AvgIpc) is 0.798. The summed E-state index contributed by atoms with van der Waals surface area (Å²) in [4.78, 5) is 113. The highest BCUT2D eigenvalue weighted by Crippen LogP contribution is 2.51. The summed E-state index contributed by atoms with van der Waals surface area (Å²) < 4.78 is 5.65. The molecule has 24 nitrogen and oxygen atoms in total. The van der Waals surface area contributed by atoms with Crippen molar-refractivity contribution in [3.8, 4) is 0 Å². The van der Waals surface area contributed by atoms with Crippen molar-refractivity contribution in [3.05, 3.63) is 121 Å². The van der Waals surface area contributed by atoms with Crippen molar-refractivity contribution in [3.63, 3.8) is 0 Å². The van der Waals surface area contributed by atoms with Gasteiger partial charge in [0.05, 0.1) is 33.1 Å². The maximum Gasteiger partial charge on any atom is 0.360 e. The minimum atomic E-state index is -1.32. The monoisotopic (exact) mass is 1550 g/mol. The van der Waals surface area contributed by atoms with Crippen LogP contribution in [0.5, 0.6) is 0 Å². The van der Waals surface area contributed by atoms with Crippen molar-refractivity contribution < 1.29 is 44.5 Å². The van der Waals surface area contributed by atoms with Crippen LogP contribution in [-0.4, -0.2) is 180 Å². The largest absolute Gasteiger partial charge is 0.479 e. The zero-order chi connectivity index (χ0) is 78.0. The number of benzene rings is 3. The van der Waals surface area contributed by atoms with Crippen LogP contribution in [0.3, 0.4) is 0 Å². The van der Waals surface area contributed by atoms with Crippen LogP contribution < -0.4 is 16.7 Å². The molecule has 12 fully saturated rings. The quantitative estimate of drug-likeness (QED) is 0.0353. The van der Waals surface area contributed by atoms with Crippen molar-refractivity contribution in [1.29, 1.82) is 0 Å². The molecular weight excluding hydrogens is 1430 g/mol. The van der Waals surface area contributed by atoms with Crippen molar-refractivity contribution in [1.82, 2.24) is 43.4 Å². The molecule has 9 heterocycles. The van der Waals surface area contributed by atoms with E-state index in [0.29, 0.717) is 77.5 Å². The molecule has 6 aliphatic carbocycles. The molecule has 6 aromatic rings. The second-order valence-electron chi connectivity index (χ2n) is 36.0. The Morgan fingerprint density at radius 2 is 0.717 bits per heavy atom. The lowest BCUT2D eigenvalue weighted by atomic mass is 9.68. The number of carbonyl (C=O) groups is 3. The number of aliphatic carboxylic acids is 3. The molecule has 6 unspecified atom stereocenters. The number of aliphatic hydroxyl groups is 1. The molecule has 0 amide bonds. The molecule has 606 valence electrons. The number of aliphatic hydroxyl groups excluding tert-OH is 1. The molecule has 3 aromatic heterocycles. The second-order valence-corrected chi connectivity index (χ2v) is 36.0. The minimum Gasteiger partial charge on any atom is -0.479 e. The zero-order valence-corrected chi connectivity index (χ0v) is 66.3. The number of oxime groups is 2. The summed E-state index contributed by atoms with van der Waals surface area (Å²) in [5.74, 6) is 1.66. The van der Waals surface area contributed by atoms with E-state index in [2.05, 4.69) is 45.0 Å². The van der Waals surface area contributed by atoms with Gasteiger partial charge in [-0.2, -0.15) is 0 Å². The second kappa shape index (κ2) is 35.2. The van der Waals surface area contributed by atoms with Gasteiger partial charge in [-0.3, -0.25) is 34.1 Å². The molecule has 6 saturated carbocycles. The Hall–Kier alpha value is -8.06. The summed E-state index contributed by atoms with van der Waals surface area (Å²) >= 11 is 0. The predicted molar refractivity (Wildman–Crippen MR) is 435 cm³/mol. The Morgan fingerprint density at radius 1 is 0.398 bits per heavy atom. The predicted octanol–water partition coefficient (Wildman–Crippen LogP) is 14.1. The maximum atomic E-state index is 14.0. The summed E-state index contributed by atoms with van der Waals surface area (Å²) in [7, 11) is 1.28. The fraction of sp³-hybridized carbons (Fsp3) is 0.663.